The van der Waals surface area contributed by atoms with Gasteiger partial charge in [-0.3, -0.25) is 0 Å². The molecule has 0 spiro atoms. The van der Waals surface area contributed by atoms with Gasteiger partial charge in [-0.1, -0.05) is 25.3 Å². The van der Waals surface area contributed by atoms with Crippen LogP contribution >= 0.6 is 0 Å². The van der Waals surface area contributed by atoms with Crippen molar-refractivity contribution in [3.63, 3.8) is 0 Å². The summed E-state index contributed by atoms with van der Waals surface area (Å²) in [6.07, 6.45) is 0. The van der Waals surface area contributed by atoms with E-state index < -0.39 is 29.3 Å². The highest BCUT2D eigenvalue weighted by molar-refractivity contribution is 5.85. The minimum absolute atomic E-state index is 0.00177. The van der Waals surface area contributed by atoms with E-state index in [9.17, 15) is 19.8 Å². The van der Waals surface area contributed by atoms with Crippen LogP contribution < -0.4 is 18.9 Å². The van der Waals surface area contributed by atoms with Crippen molar-refractivity contribution >= 4 is 11.9 Å². The Balaban J connectivity index is 0.00000243. The Labute approximate surface area is 349 Å². The van der Waals surface area contributed by atoms with E-state index in [1.807, 2.05) is 0 Å². The fraction of sp³-hybridized carbons (Fsp3) is 0.581. The van der Waals surface area contributed by atoms with Crippen LogP contribution in [0.25, 0.3) is 0 Å². The lowest BCUT2D eigenvalue weighted by Gasteiger charge is -2.56. The maximum absolute atomic E-state index is 11.8. The van der Waals surface area contributed by atoms with Gasteiger partial charge >= 0.3 is 23.9 Å². The Morgan fingerprint density at radius 2 is 0.746 bits per heavy atom. The molecular formula is C43H68O16. The predicted octanol–water partition coefficient (Wildman–Crippen LogP) is 7.80. The van der Waals surface area contributed by atoms with Crippen molar-refractivity contribution in [2.24, 2.45) is 0 Å². The van der Waals surface area contributed by atoms with Crippen molar-refractivity contribution in [2.45, 2.75) is 100 Å². The molecule has 59 heavy (non-hydrogen) atoms. The van der Waals surface area contributed by atoms with Gasteiger partial charge in [0.1, 0.15) is 5.75 Å². The van der Waals surface area contributed by atoms with Crippen molar-refractivity contribution in [3.8, 4) is 34.5 Å². The second kappa shape index (κ2) is 27.2. The van der Waals surface area contributed by atoms with Gasteiger partial charge in [0.05, 0.1) is 32.0 Å². The lowest BCUT2D eigenvalue weighted by atomic mass is 9.67. The summed E-state index contributed by atoms with van der Waals surface area (Å²) in [5.41, 5.74) is -1.07. The molecule has 2 aromatic carbocycles. The largest absolute Gasteiger partial charge is 0.508 e. The number of hydrogen-bond acceptors (Lipinski definition) is 14. The Kier molecular flexibility index (Phi) is 25.1. The molecule has 0 aliphatic rings. The molecule has 0 radical (unpaired) electrons. The smallest absolute Gasteiger partial charge is 0.330 e. The van der Waals surface area contributed by atoms with E-state index in [-0.39, 0.29) is 117 Å². The molecule has 16 nitrogen and oxygen atoms in total. The lowest BCUT2D eigenvalue weighted by Crippen LogP contribution is -2.71. The first-order chi connectivity index (χ1) is 28.0. The Morgan fingerprint density at radius 3 is 0.966 bits per heavy atom. The molecule has 0 aliphatic heterocycles. The average Bonchev–Trinajstić information content (AvgIpc) is 3.17. The molecule has 0 saturated heterocycles. The first kappa shape index (κ1) is 54.4. The van der Waals surface area contributed by atoms with E-state index in [0.717, 1.165) is 0 Å². The van der Waals surface area contributed by atoms with Crippen molar-refractivity contribution in [2.75, 3.05) is 66.1 Å². The summed E-state index contributed by atoms with van der Waals surface area (Å²) in [6, 6.07) is 6.38. The van der Waals surface area contributed by atoms with Crippen LogP contribution in [-0.2, 0) is 43.4 Å². The van der Waals surface area contributed by atoms with Crippen molar-refractivity contribution in [3.05, 3.63) is 59.7 Å². The number of rotatable bonds is 26. The maximum Gasteiger partial charge on any atom is 0.330 e. The molecular weight excluding hydrogens is 772 g/mol. The molecule has 336 valence electrons. The number of benzene rings is 2. The number of phenolic OH excluding ortho intramolecular Hbond substituents is 2. The number of ether oxygens (including phenoxy) is 10. The van der Waals surface area contributed by atoms with E-state index in [1.54, 1.807) is 81.4 Å². The zero-order valence-electron chi connectivity index (χ0n) is 37.0. The first-order valence-electron chi connectivity index (χ1n) is 19.8. The molecule has 4 N–H and O–H groups in total. The SMILES string of the molecule is C=C(C)C(=O)O.C=C(C)C(=O)O.CCOc1c(O)c(OCC)c(OCC)c(C(c2ccc(O)cc2)(C(OCC)(OCC)OCC)C(OCC)(OCC)OCC)c1OCC. The minimum atomic E-state index is -2.11. The Bertz CT molecular complexity index is 1440. The quantitative estimate of drug-likeness (QED) is 0.0526. The molecule has 2 aromatic rings. The van der Waals surface area contributed by atoms with E-state index in [2.05, 4.69) is 13.2 Å². The molecule has 0 aromatic heterocycles. The standard InChI is InChI=1S/C35H56O12.2C4H6O2/c1-11-38-29-27(30(39-12-2)32(41-14-4)28(37)31(29)40-13-3)33(25-21-23-26(36)24-22-25,34(42-15-5,43-16-6)44-17-7)35(45-18-8,46-19-9)47-20-10;2*1-3(2)4(5)6/h21-24,36-37H,11-20H2,1-10H3;2*1H2,2H3,(H,5,6). The van der Waals surface area contributed by atoms with E-state index in [0.29, 0.717) is 5.56 Å². The number of phenols is 2. The summed E-state index contributed by atoms with van der Waals surface area (Å²) in [7, 11) is 0. The summed E-state index contributed by atoms with van der Waals surface area (Å²) in [5.74, 6) is -6.31. The zero-order chi connectivity index (χ0) is 45.4. The first-order valence-corrected chi connectivity index (χ1v) is 19.8. The van der Waals surface area contributed by atoms with Crippen LogP contribution in [0, 0.1) is 0 Å². The number of aromatic hydroxyl groups is 2. The van der Waals surface area contributed by atoms with Crippen molar-refractivity contribution in [1.29, 1.82) is 0 Å². The van der Waals surface area contributed by atoms with Crippen LogP contribution in [0.2, 0.25) is 0 Å². The van der Waals surface area contributed by atoms with Crippen LogP contribution in [0.4, 0.5) is 0 Å². The Hall–Kier alpha value is -4.58. The molecule has 0 atom stereocenters. The number of carboxylic acids is 2. The monoisotopic (exact) mass is 840 g/mol. The number of hydrogen-bond donors (Lipinski definition) is 4. The lowest BCUT2D eigenvalue weighted by molar-refractivity contribution is -0.491. The van der Waals surface area contributed by atoms with Gasteiger partial charge in [0, 0.05) is 50.8 Å². The summed E-state index contributed by atoms with van der Waals surface area (Å²) in [6.45, 7) is 28.4. The summed E-state index contributed by atoms with van der Waals surface area (Å²) in [5, 5.41) is 38.1. The summed E-state index contributed by atoms with van der Waals surface area (Å²) in [4.78, 5) is 19.2. The van der Waals surface area contributed by atoms with Crippen LogP contribution in [0.15, 0.2) is 48.6 Å². The van der Waals surface area contributed by atoms with E-state index in [1.165, 1.54) is 26.0 Å². The second-order valence-corrected chi connectivity index (χ2v) is 12.0. The number of aliphatic carboxylic acids is 2. The van der Waals surface area contributed by atoms with Crippen LogP contribution in [0.5, 0.6) is 34.5 Å². The van der Waals surface area contributed by atoms with Gasteiger partial charge in [-0.2, -0.15) is 0 Å². The van der Waals surface area contributed by atoms with Crippen LogP contribution in [0.1, 0.15) is 94.2 Å². The van der Waals surface area contributed by atoms with Gasteiger partial charge < -0.3 is 67.8 Å². The molecule has 2 rings (SSSR count). The molecule has 0 fully saturated rings. The Morgan fingerprint density at radius 1 is 0.492 bits per heavy atom. The third-order valence-corrected chi connectivity index (χ3v) is 7.78. The van der Waals surface area contributed by atoms with Crippen LogP contribution in [0.3, 0.4) is 0 Å². The molecule has 16 heteroatoms. The normalized spacial score (nSPS) is 11.3. The van der Waals surface area contributed by atoms with Crippen LogP contribution in [-0.4, -0.2) is 110 Å². The highest BCUT2D eigenvalue weighted by Crippen LogP contribution is 2.65. The molecule has 0 saturated carbocycles. The van der Waals surface area contributed by atoms with Gasteiger partial charge in [0.2, 0.25) is 17.2 Å². The fourth-order valence-corrected chi connectivity index (χ4v) is 5.85. The van der Waals surface area contributed by atoms with Gasteiger partial charge in [-0.25, -0.2) is 9.59 Å². The molecule has 0 heterocycles. The van der Waals surface area contributed by atoms with Crippen molar-refractivity contribution < 1.29 is 77.4 Å². The number of carbonyl (C=O) groups is 2. The average molecular weight is 841 g/mol. The van der Waals surface area contributed by atoms with E-state index >= 15 is 0 Å². The minimum Gasteiger partial charge on any atom is -0.508 e. The van der Waals surface area contributed by atoms with E-state index in [4.69, 9.17) is 57.6 Å². The second-order valence-electron chi connectivity index (χ2n) is 12.0. The fourth-order valence-electron chi connectivity index (χ4n) is 5.85. The molecule has 0 unspecified atom stereocenters. The zero-order valence-corrected chi connectivity index (χ0v) is 37.0. The predicted molar refractivity (Wildman–Crippen MR) is 222 cm³/mol. The third kappa shape index (κ3) is 13.2. The van der Waals surface area contributed by atoms with Crippen molar-refractivity contribution in [1.82, 2.24) is 0 Å². The molecule has 0 aliphatic carbocycles. The van der Waals surface area contributed by atoms with Gasteiger partial charge in [-0.05, 0) is 101 Å². The van der Waals surface area contributed by atoms with Gasteiger partial charge in [-0.15, -0.1) is 0 Å². The summed E-state index contributed by atoms with van der Waals surface area (Å²) >= 11 is 0. The third-order valence-electron chi connectivity index (χ3n) is 7.78. The highest BCUT2D eigenvalue weighted by atomic mass is 16.9. The number of carboxylic acid groups (broad SMARTS) is 2. The van der Waals surface area contributed by atoms with Gasteiger partial charge in [0.15, 0.2) is 16.9 Å². The molecule has 0 amide bonds. The maximum atomic E-state index is 11.8. The topological polar surface area (TPSA) is 207 Å². The van der Waals surface area contributed by atoms with Gasteiger partial charge in [0.25, 0.3) is 0 Å². The highest BCUT2D eigenvalue weighted by Gasteiger charge is 2.74. The molecule has 0 bridgehead atoms. The summed E-state index contributed by atoms with van der Waals surface area (Å²) < 4.78 is 65.0.